The number of phenols is 1. The largest absolute Gasteiger partial charge is 0.508 e. The number of piperidine rings is 1. The van der Waals surface area contributed by atoms with Crippen LogP contribution < -0.4 is 5.32 Å². The van der Waals surface area contributed by atoms with Gasteiger partial charge in [-0.15, -0.1) is 0 Å². The Morgan fingerprint density at radius 1 is 1.31 bits per heavy atom. The van der Waals surface area contributed by atoms with Crippen LogP contribution in [0.15, 0.2) is 12.1 Å². The lowest BCUT2D eigenvalue weighted by Gasteiger charge is -2.57. The Labute approximate surface area is 156 Å². The monoisotopic (exact) mass is 353 g/mol. The first-order chi connectivity index (χ1) is 12.5. The maximum atomic E-state index is 13.1. The van der Waals surface area contributed by atoms with Gasteiger partial charge in [0.1, 0.15) is 11.5 Å². The summed E-state index contributed by atoms with van der Waals surface area (Å²) in [5.41, 5.74) is 4.10. The summed E-state index contributed by atoms with van der Waals surface area (Å²) in [6, 6.07) is 4.52. The van der Waals surface area contributed by atoms with Crippen molar-refractivity contribution in [3.05, 3.63) is 28.8 Å². The number of rotatable bonds is 3. The molecule has 0 radical (unpaired) electrons. The number of carbonyl (C=O) groups is 1. The van der Waals surface area contributed by atoms with E-state index >= 15 is 0 Å². The van der Waals surface area contributed by atoms with E-state index in [-0.39, 0.29) is 11.3 Å². The van der Waals surface area contributed by atoms with Gasteiger partial charge in [0.15, 0.2) is 0 Å². The molecule has 1 aromatic rings. The summed E-state index contributed by atoms with van der Waals surface area (Å²) in [7, 11) is 0. The maximum absolute atomic E-state index is 13.1. The van der Waals surface area contributed by atoms with E-state index in [9.17, 15) is 9.90 Å². The van der Waals surface area contributed by atoms with E-state index < -0.39 is 0 Å². The zero-order valence-corrected chi connectivity index (χ0v) is 16.1. The van der Waals surface area contributed by atoms with Crippen LogP contribution in [-0.2, 0) is 23.1 Å². The minimum Gasteiger partial charge on any atom is -0.508 e. The van der Waals surface area contributed by atoms with E-state index in [0.717, 1.165) is 38.1 Å². The first-order valence-corrected chi connectivity index (χ1v) is 10.6. The Balaban J connectivity index is 1.62. The third kappa shape index (κ3) is 2.46. The van der Waals surface area contributed by atoms with Crippen molar-refractivity contribution in [2.45, 2.75) is 70.3 Å². The van der Waals surface area contributed by atoms with Crippen molar-refractivity contribution in [2.75, 3.05) is 6.54 Å². The lowest BCUT2D eigenvalue weighted by molar-refractivity contribution is -0.132. The fraction of sp³-hybridized carbons (Fsp3) is 0.696. The number of fused-ring (bicyclic) bond motifs is 1. The number of ketones is 1. The summed E-state index contributed by atoms with van der Waals surface area (Å²) in [5, 5.41) is 14.3. The zero-order chi connectivity index (χ0) is 18.1. The predicted octanol–water partition coefficient (Wildman–Crippen LogP) is 3.75. The Morgan fingerprint density at radius 2 is 2.12 bits per heavy atom. The van der Waals surface area contributed by atoms with Crippen LogP contribution >= 0.6 is 0 Å². The second-order valence-electron chi connectivity index (χ2n) is 9.79. The maximum Gasteiger partial charge on any atom is 0.137 e. The van der Waals surface area contributed by atoms with Crippen LogP contribution in [0.5, 0.6) is 5.75 Å². The smallest absolute Gasteiger partial charge is 0.137 e. The number of hydrogen-bond donors (Lipinski definition) is 2. The van der Waals surface area contributed by atoms with Gasteiger partial charge in [-0.05, 0) is 91.6 Å². The molecule has 4 unspecified atom stereocenters. The predicted molar refractivity (Wildman–Crippen MR) is 102 cm³/mol. The molecule has 1 aliphatic heterocycles. The van der Waals surface area contributed by atoms with Crippen molar-refractivity contribution in [1.29, 1.82) is 0 Å². The van der Waals surface area contributed by atoms with Gasteiger partial charge in [-0.1, -0.05) is 13.8 Å². The normalized spacial score (nSPS) is 36.0. The average Bonchev–Trinajstić information content (AvgIpc) is 3.39. The molecule has 0 amide bonds. The van der Waals surface area contributed by atoms with Crippen LogP contribution in [0.2, 0.25) is 0 Å². The topological polar surface area (TPSA) is 49.3 Å². The van der Waals surface area contributed by atoms with E-state index in [1.165, 1.54) is 29.5 Å². The van der Waals surface area contributed by atoms with E-state index in [0.29, 0.717) is 35.8 Å². The molecule has 3 aliphatic carbocycles. The molecule has 1 heterocycles. The van der Waals surface area contributed by atoms with Gasteiger partial charge in [-0.2, -0.15) is 0 Å². The average molecular weight is 354 g/mol. The quantitative estimate of drug-likeness (QED) is 0.870. The fourth-order valence-corrected chi connectivity index (χ4v) is 6.37. The van der Waals surface area contributed by atoms with Gasteiger partial charge in [-0.25, -0.2) is 0 Å². The molecule has 3 fully saturated rings. The highest BCUT2D eigenvalue weighted by Gasteiger charge is 2.56. The number of phenolic OH excluding ortho intramolecular Hbond substituents is 1. The molecule has 4 atom stereocenters. The highest BCUT2D eigenvalue weighted by atomic mass is 16.3. The standard InChI is InChI=1S/C23H31NO2/c1-13(2)17-10-20-21-11-18-15(7-14-3-4-14)8-16(25)9-19(18)23(20,5-6-24-21)12-22(17)26/h8-9,13-14,17,20-21,24-25H,3-7,10-12H2,1-2H3. The van der Waals surface area contributed by atoms with Crippen LogP contribution in [-0.4, -0.2) is 23.5 Å². The minimum atomic E-state index is -0.0387. The van der Waals surface area contributed by atoms with E-state index in [1.807, 2.05) is 12.1 Å². The molecular weight excluding hydrogens is 322 g/mol. The van der Waals surface area contributed by atoms with Crippen molar-refractivity contribution in [1.82, 2.24) is 5.32 Å². The molecule has 26 heavy (non-hydrogen) atoms. The second kappa shape index (κ2) is 5.82. The van der Waals surface area contributed by atoms with Crippen molar-refractivity contribution in [3.8, 4) is 5.75 Å². The van der Waals surface area contributed by atoms with Crippen molar-refractivity contribution in [2.24, 2.45) is 23.7 Å². The summed E-state index contributed by atoms with van der Waals surface area (Å²) >= 11 is 0. The van der Waals surface area contributed by atoms with Crippen molar-refractivity contribution in [3.63, 3.8) is 0 Å². The minimum absolute atomic E-state index is 0.0387. The number of benzene rings is 1. The molecule has 140 valence electrons. The molecule has 1 saturated heterocycles. The number of hydrogen-bond acceptors (Lipinski definition) is 3. The summed E-state index contributed by atoms with van der Waals surface area (Å²) in [6.45, 7) is 5.38. The SMILES string of the molecule is CC(C)C1CC2C3Cc4c(CC5CC5)cc(O)cc4C2(CCN3)CC1=O. The summed E-state index contributed by atoms with van der Waals surface area (Å²) < 4.78 is 0. The fourth-order valence-electron chi connectivity index (χ4n) is 6.37. The number of carbonyl (C=O) groups excluding carboxylic acids is 1. The summed E-state index contributed by atoms with van der Waals surface area (Å²) in [4.78, 5) is 13.1. The molecule has 5 rings (SSSR count). The van der Waals surface area contributed by atoms with Crippen LogP contribution in [0.3, 0.4) is 0 Å². The lowest BCUT2D eigenvalue weighted by atomic mass is 9.50. The molecule has 2 N–H and O–H groups in total. The zero-order valence-electron chi connectivity index (χ0n) is 16.1. The van der Waals surface area contributed by atoms with Gasteiger partial charge in [0.2, 0.25) is 0 Å². The molecule has 0 aromatic heterocycles. The highest BCUT2D eigenvalue weighted by Crippen LogP contribution is 2.56. The van der Waals surface area contributed by atoms with Crippen LogP contribution in [0.1, 0.15) is 62.6 Å². The first kappa shape index (κ1) is 16.8. The van der Waals surface area contributed by atoms with Crippen molar-refractivity contribution < 1.29 is 9.90 Å². The van der Waals surface area contributed by atoms with Gasteiger partial charge in [-0.3, -0.25) is 4.79 Å². The summed E-state index contributed by atoms with van der Waals surface area (Å²) in [5.74, 6) is 2.84. The van der Waals surface area contributed by atoms with Crippen LogP contribution in [0.25, 0.3) is 0 Å². The number of aromatic hydroxyl groups is 1. The molecule has 3 nitrogen and oxygen atoms in total. The Morgan fingerprint density at radius 3 is 2.85 bits per heavy atom. The van der Waals surface area contributed by atoms with Crippen molar-refractivity contribution >= 4 is 5.78 Å². The van der Waals surface area contributed by atoms with Gasteiger partial charge < -0.3 is 10.4 Å². The van der Waals surface area contributed by atoms with Gasteiger partial charge in [0.25, 0.3) is 0 Å². The van der Waals surface area contributed by atoms with Crippen LogP contribution in [0.4, 0.5) is 0 Å². The van der Waals surface area contributed by atoms with E-state index in [2.05, 4.69) is 19.2 Å². The van der Waals surface area contributed by atoms with Gasteiger partial charge >= 0.3 is 0 Å². The molecule has 4 aliphatic rings. The molecule has 0 spiro atoms. The number of nitrogens with one attached hydrogen (secondary N) is 1. The third-order valence-corrected chi connectivity index (χ3v) is 7.88. The molecule has 1 aromatic carbocycles. The molecule has 2 bridgehead atoms. The van der Waals surface area contributed by atoms with E-state index in [4.69, 9.17) is 0 Å². The Kier molecular flexibility index (Phi) is 3.76. The van der Waals surface area contributed by atoms with E-state index in [1.54, 1.807) is 0 Å². The summed E-state index contributed by atoms with van der Waals surface area (Å²) in [6.07, 6.45) is 7.56. The first-order valence-electron chi connectivity index (χ1n) is 10.6. The second-order valence-corrected chi connectivity index (χ2v) is 9.79. The molecule has 2 saturated carbocycles. The Bertz CT molecular complexity index is 751. The number of Topliss-reactive ketones (excluding diaryl/α,β-unsaturated/α-hetero) is 1. The third-order valence-electron chi connectivity index (χ3n) is 7.88. The molecule has 3 heteroatoms. The van der Waals surface area contributed by atoms with Crippen LogP contribution in [0, 0.1) is 23.7 Å². The lowest BCUT2D eigenvalue weighted by Crippen LogP contribution is -2.62. The highest BCUT2D eigenvalue weighted by molar-refractivity contribution is 5.84. The van der Waals surface area contributed by atoms with Gasteiger partial charge in [0, 0.05) is 23.8 Å². The Hall–Kier alpha value is -1.35. The molecular formula is C23H31NO2. The van der Waals surface area contributed by atoms with Gasteiger partial charge in [0.05, 0.1) is 0 Å².